The zero-order valence-electron chi connectivity index (χ0n) is 9.79. The minimum absolute atomic E-state index is 0.726. The van der Waals surface area contributed by atoms with Gasteiger partial charge in [0.25, 0.3) is 0 Å². The van der Waals surface area contributed by atoms with Gasteiger partial charge >= 0.3 is 5.97 Å². The summed E-state index contributed by atoms with van der Waals surface area (Å²) in [4.78, 5) is 9.45. The molecule has 0 saturated carbocycles. The normalized spacial score (nSPS) is 18.9. The van der Waals surface area contributed by atoms with E-state index >= 15 is 0 Å². The molecule has 0 rings (SSSR count). The molecule has 0 aromatic carbocycles. The summed E-state index contributed by atoms with van der Waals surface area (Å²) in [5.74, 6) is -1.19. The fraction of sp³-hybridized carbons (Fsp3) is 0.889. The summed E-state index contributed by atoms with van der Waals surface area (Å²) in [6.45, 7) is -0.255. The molecule has 0 saturated heterocycles. The van der Waals surface area contributed by atoms with E-state index in [1.54, 1.807) is 0 Å². The Morgan fingerprint density at radius 1 is 0.889 bits per heavy atom. The van der Waals surface area contributed by atoms with Gasteiger partial charge in [0.05, 0.1) is 13.2 Å². The number of aliphatic carboxylic acids is 1. The molecule has 8 N–H and O–H groups in total. The van der Waals surface area contributed by atoms with Gasteiger partial charge in [0.15, 0.2) is 0 Å². The van der Waals surface area contributed by atoms with Crippen molar-refractivity contribution in [1.82, 2.24) is 0 Å². The Morgan fingerprint density at radius 3 is 1.22 bits per heavy atom. The number of rotatable bonds is 6. The van der Waals surface area contributed by atoms with Crippen molar-refractivity contribution in [3.05, 3.63) is 0 Å². The maximum absolute atomic E-state index is 9.45. The predicted molar refractivity (Wildman–Crippen MR) is 57.5 cm³/mol. The van der Waals surface area contributed by atoms with Crippen LogP contribution in [0.25, 0.3) is 0 Å². The molecule has 0 aliphatic carbocycles. The third-order valence-electron chi connectivity index (χ3n) is 1.87. The van der Waals surface area contributed by atoms with E-state index in [0.29, 0.717) is 0 Å². The van der Waals surface area contributed by atoms with Crippen LogP contribution in [0.2, 0.25) is 0 Å². The van der Waals surface area contributed by atoms with Crippen LogP contribution in [0.5, 0.6) is 0 Å². The molecule has 0 spiro atoms. The zero-order chi connectivity index (χ0) is 14.9. The number of carbonyl (C=O) groups is 1. The average molecular weight is 272 g/mol. The van der Waals surface area contributed by atoms with Crippen LogP contribution in [0.15, 0.2) is 0 Å². The molecule has 5 atom stereocenters. The van der Waals surface area contributed by atoms with Crippen LogP contribution in [-0.2, 0) is 4.79 Å². The summed E-state index contributed by atoms with van der Waals surface area (Å²) in [5.41, 5.74) is 0. The van der Waals surface area contributed by atoms with Crippen molar-refractivity contribution < 1.29 is 45.6 Å². The van der Waals surface area contributed by atoms with E-state index in [-0.39, 0.29) is 0 Å². The lowest BCUT2D eigenvalue weighted by molar-refractivity contribution is -0.145. The molecule has 0 aliphatic rings. The molecule has 9 heteroatoms. The highest BCUT2D eigenvalue weighted by Crippen LogP contribution is 2.03. The van der Waals surface area contributed by atoms with Crippen LogP contribution in [0.4, 0.5) is 0 Å². The van der Waals surface area contributed by atoms with E-state index in [2.05, 4.69) is 0 Å². The van der Waals surface area contributed by atoms with Crippen LogP contribution in [0.1, 0.15) is 6.92 Å². The average Bonchev–Trinajstić information content (AvgIpc) is 2.35. The smallest absolute Gasteiger partial charge is 0.332 e. The molecular formula is C9H20O9. The Labute approximate surface area is 103 Å². The molecular weight excluding hydrogens is 252 g/mol. The largest absolute Gasteiger partial charge is 0.479 e. The van der Waals surface area contributed by atoms with Gasteiger partial charge in [-0.15, -0.1) is 0 Å². The lowest BCUT2D eigenvalue weighted by Gasteiger charge is -2.24. The molecule has 18 heavy (non-hydrogen) atoms. The van der Waals surface area contributed by atoms with Gasteiger partial charge in [-0.2, -0.15) is 0 Å². The van der Waals surface area contributed by atoms with Gasteiger partial charge in [0.1, 0.15) is 30.5 Å². The lowest BCUT2D eigenvalue weighted by atomic mass is 10.0. The summed E-state index contributed by atoms with van der Waals surface area (Å²) in [5, 5.41) is 67.9. The minimum atomic E-state index is -1.67. The Morgan fingerprint density at radius 2 is 1.11 bits per heavy atom. The second-order valence-corrected chi connectivity index (χ2v) is 3.50. The van der Waals surface area contributed by atoms with E-state index < -0.39 is 49.7 Å². The summed E-state index contributed by atoms with van der Waals surface area (Å²) in [6, 6.07) is 0. The molecule has 0 amide bonds. The van der Waals surface area contributed by atoms with Crippen molar-refractivity contribution in [3.8, 4) is 0 Å². The number of hydrogen-bond donors (Lipinski definition) is 8. The summed E-state index contributed by atoms with van der Waals surface area (Å²) < 4.78 is 0. The molecule has 0 bridgehead atoms. The molecule has 110 valence electrons. The van der Waals surface area contributed by atoms with E-state index in [1.807, 2.05) is 0 Å². The van der Waals surface area contributed by atoms with E-state index in [1.165, 1.54) is 6.92 Å². The fourth-order valence-corrected chi connectivity index (χ4v) is 0.671. The second kappa shape index (κ2) is 10.1. The summed E-state index contributed by atoms with van der Waals surface area (Å²) in [7, 11) is 0. The standard InChI is InChI=1S/C6H14O6.C3H6O3/c7-1-3(9)5(11)6(12)4(10)2-8;1-2(4)3(5)6/h3-12H,1-2H2;2,4H,1H3,(H,5,6)/t3-,4+,5-,6-;/m1./s1. The van der Waals surface area contributed by atoms with Gasteiger partial charge in [-0.3, -0.25) is 0 Å². The van der Waals surface area contributed by atoms with Crippen molar-refractivity contribution >= 4 is 5.97 Å². The van der Waals surface area contributed by atoms with E-state index in [0.717, 1.165) is 0 Å². The number of aliphatic hydroxyl groups is 7. The number of aliphatic hydroxyl groups excluding tert-OH is 7. The molecule has 9 nitrogen and oxygen atoms in total. The van der Waals surface area contributed by atoms with Gasteiger partial charge in [-0.1, -0.05) is 0 Å². The van der Waals surface area contributed by atoms with Crippen molar-refractivity contribution in [2.24, 2.45) is 0 Å². The predicted octanol–water partition coefficient (Wildman–Crippen LogP) is -4.13. The first-order valence-corrected chi connectivity index (χ1v) is 5.03. The van der Waals surface area contributed by atoms with Crippen LogP contribution in [0, 0.1) is 0 Å². The molecule has 1 unspecified atom stereocenters. The minimum Gasteiger partial charge on any atom is -0.479 e. The van der Waals surface area contributed by atoms with Gasteiger partial charge in [-0.05, 0) is 6.92 Å². The molecule has 0 radical (unpaired) electrons. The number of carboxylic acids is 1. The third-order valence-corrected chi connectivity index (χ3v) is 1.87. The fourth-order valence-electron chi connectivity index (χ4n) is 0.671. The zero-order valence-corrected chi connectivity index (χ0v) is 9.79. The van der Waals surface area contributed by atoms with Crippen molar-refractivity contribution in [2.75, 3.05) is 13.2 Å². The Bertz CT molecular complexity index is 206. The molecule has 0 aliphatic heterocycles. The first-order valence-electron chi connectivity index (χ1n) is 5.03. The Hall–Kier alpha value is -0.810. The molecule has 0 heterocycles. The summed E-state index contributed by atoms with van der Waals surface area (Å²) >= 11 is 0. The first-order chi connectivity index (χ1) is 8.18. The molecule has 0 aromatic heterocycles. The van der Waals surface area contributed by atoms with Crippen LogP contribution in [-0.4, -0.2) is 90.6 Å². The maximum Gasteiger partial charge on any atom is 0.332 e. The highest BCUT2D eigenvalue weighted by Gasteiger charge is 2.29. The monoisotopic (exact) mass is 272 g/mol. The van der Waals surface area contributed by atoms with Gasteiger partial charge < -0.3 is 40.9 Å². The Balaban J connectivity index is 0. The van der Waals surface area contributed by atoms with Gasteiger partial charge in [-0.25, -0.2) is 4.79 Å². The van der Waals surface area contributed by atoms with E-state index in [4.69, 9.17) is 40.9 Å². The van der Waals surface area contributed by atoms with Crippen molar-refractivity contribution in [2.45, 2.75) is 37.4 Å². The SMILES string of the molecule is CC(O)C(=O)O.OC[C@@H](O)[C@@H](O)[C@H](O)[C@@H](O)CO. The third kappa shape index (κ3) is 8.31. The quantitative estimate of drug-likeness (QED) is 0.238. The second-order valence-electron chi connectivity index (χ2n) is 3.50. The van der Waals surface area contributed by atoms with E-state index in [9.17, 15) is 4.79 Å². The van der Waals surface area contributed by atoms with Gasteiger partial charge in [0, 0.05) is 0 Å². The van der Waals surface area contributed by atoms with Crippen LogP contribution in [0.3, 0.4) is 0 Å². The number of carboxylic acid groups (broad SMARTS) is 1. The molecule has 0 aromatic rings. The van der Waals surface area contributed by atoms with Crippen molar-refractivity contribution in [1.29, 1.82) is 0 Å². The molecule has 0 fully saturated rings. The van der Waals surface area contributed by atoms with Gasteiger partial charge in [0.2, 0.25) is 0 Å². The van der Waals surface area contributed by atoms with Crippen LogP contribution >= 0.6 is 0 Å². The highest BCUT2D eigenvalue weighted by atomic mass is 16.4. The Kier molecular flexibility index (Phi) is 11.0. The van der Waals surface area contributed by atoms with Crippen LogP contribution < -0.4 is 0 Å². The first kappa shape index (κ1) is 19.5. The number of hydrogen-bond acceptors (Lipinski definition) is 8. The highest BCUT2D eigenvalue weighted by molar-refractivity contribution is 5.71. The maximum atomic E-state index is 9.45. The van der Waals surface area contributed by atoms with Crippen molar-refractivity contribution in [3.63, 3.8) is 0 Å². The lowest BCUT2D eigenvalue weighted by Crippen LogP contribution is -2.46. The topological polar surface area (TPSA) is 179 Å². The summed E-state index contributed by atoms with van der Waals surface area (Å²) in [6.07, 6.45) is -7.62.